The van der Waals surface area contributed by atoms with Gasteiger partial charge in [-0.05, 0) is 52.4 Å². The summed E-state index contributed by atoms with van der Waals surface area (Å²) in [7, 11) is -2.92. The highest BCUT2D eigenvalue weighted by atomic mass is 32.2. The highest BCUT2D eigenvalue weighted by Crippen LogP contribution is 2.01. The second-order valence-electron chi connectivity index (χ2n) is 7.32. The molecular formula is C16H34N2O2S+2. The summed E-state index contributed by atoms with van der Waals surface area (Å²) < 4.78 is 25.0. The molecule has 0 bridgehead atoms. The van der Waals surface area contributed by atoms with Gasteiger partial charge >= 0.3 is 0 Å². The van der Waals surface area contributed by atoms with Crippen LogP contribution < -0.4 is 9.80 Å². The number of hydrogen-bond donors (Lipinski definition) is 2. The van der Waals surface area contributed by atoms with E-state index >= 15 is 0 Å². The molecule has 0 spiro atoms. The molecule has 0 amide bonds. The lowest BCUT2D eigenvalue weighted by molar-refractivity contribution is -0.925. The third-order valence-corrected chi connectivity index (χ3v) is 7.41. The van der Waals surface area contributed by atoms with Crippen LogP contribution in [0.1, 0.15) is 52.4 Å². The Balaban J connectivity index is 1.82. The number of likely N-dealkylation sites (tertiary alicyclic amines) is 2. The Morgan fingerprint density at radius 2 is 1.05 bits per heavy atom. The van der Waals surface area contributed by atoms with Gasteiger partial charge in [0.1, 0.15) is 11.5 Å². The molecule has 4 nitrogen and oxygen atoms in total. The van der Waals surface area contributed by atoms with Crippen molar-refractivity contribution in [2.24, 2.45) is 0 Å². The van der Waals surface area contributed by atoms with E-state index in [4.69, 9.17) is 0 Å². The first-order chi connectivity index (χ1) is 9.98. The molecule has 0 aromatic heterocycles. The van der Waals surface area contributed by atoms with E-state index in [0.29, 0.717) is 11.5 Å². The standard InChI is InChI=1S/C16H32N2O2S/c1-15(17-9-5-3-6-10-17)13-21(19,20)14-16(2)18-11-7-4-8-12-18/h15-16H,3-14H2,1-2H3/p+2/t15-,16-/m1/s1. The van der Waals surface area contributed by atoms with Gasteiger partial charge in [-0.25, -0.2) is 8.42 Å². The maximum Gasteiger partial charge on any atom is 0.161 e. The molecule has 21 heavy (non-hydrogen) atoms. The zero-order valence-electron chi connectivity index (χ0n) is 13.9. The van der Waals surface area contributed by atoms with Gasteiger partial charge in [0.15, 0.2) is 9.84 Å². The van der Waals surface area contributed by atoms with Gasteiger partial charge in [-0.15, -0.1) is 0 Å². The van der Waals surface area contributed by atoms with E-state index in [-0.39, 0.29) is 12.1 Å². The van der Waals surface area contributed by atoms with Crippen LogP contribution in [0.5, 0.6) is 0 Å². The molecule has 2 aliphatic heterocycles. The summed E-state index contributed by atoms with van der Waals surface area (Å²) >= 11 is 0. The summed E-state index contributed by atoms with van der Waals surface area (Å²) in [5, 5.41) is 0. The van der Waals surface area contributed by atoms with Gasteiger partial charge in [0, 0.05) is 0 Å². The van der Waals surface area contributed by atoms with E-state index in [9.17, 15) is 8.42 Å². The van der Waals surface area contributed by atoms with Crippen LogP contribution in [0.25, 0.3) is 0 Å². The van der Waals surface area contributed by atoms with Crippen LogP contribution in [0.2, 0.25) is 0 Å². The number of hydrogen-bond acceptors (Lipinski definition) is 2. The average molecular weight is 319 g/mol. The van der Waals surface area contributed by atoms with E-state index in [2.05, 4.69) is 13.8 Å². The molecule has 2 saturated heterocycles. The van der Waals surface area contributed by atoms with Crippen molar-refractivity contribution in [1.29, 1.82) is 0 Å². The number of quaternary nitrogens is 2. The van der Waals surface area contributed by atoms with E-state index in [1.54, 1.807) is 0 Å². The summed E-state index contributed by atoms with van der Waals surface area (Å²) in [5.41, 5.74) is 0. The maximum absolute atomic E-state index is 12.5. The van der Waals surface area contributed by atoms with Crippen molar-refractivity contribution in [2.75, 3.05) is 37.7 Å². The summed E-state index contributed by atoms with van der Waals surface area (Å²) in [6.07, 6.45) is 7.67. The van der Waals surface area contributed by atoms with Gasteiger partial charge in [-0.1, -0.05) is 0 Å². The summed E-state index contributed by atoms with van der Waals surface area (Å²) in [5.74, 6) is 0.750. The molecule has 0 aromatic carbocycles. The zero-order chi connectivity index (χ0) is 15.3. The van der Waals surface area contributed by atoms with Gasteiger partial charge < -0.3 is 9.80 Å². The van der Waals surface area contributed by atoms with E-state index < -0.39 is 9.84 Å². The van der Waals surface area contributed by atoms with Crippen LogP contribution in [0.4, 0.5) is 0 Å². The summed E-state index contributed by atoms with van der Waals surface area (Å²) in [4.78, 5) is 3.01. The van der Waals surface area contributed by atoms with E-state index in [1.165, 1.54) is 48.3 Å². The molecule has 2 heterocycles. The van der Waals surface area contributed by atoms with Crippen molar-refractivity contribution in [3.8, 4) is 0 Å². The predicted molar refractivity (Wildman–Crippen MR) is 86.7 cm³/mol. The van der Waals surface area contributed by atoms with Crippen molar-refractivity contribution in [1.82, 2.24) is 0 Å². The van der Waals surface area contributed by atoms with Gasteiger partial charge in [0.25, 0.3) is 0 Å². The van der Waals surface area contributed by atoms with Gasteiger partial charge in [-0.2, -0.15) is 0 Å². The van der Waals surface area contributed by atoms with Crippen molar-refractivity contribution in [2.45, 2.75) is 64.5 Å². The first-order valence-electron chi connectivity index (χ1n) is 8.87. The Hall–Kier alpha value is -0.130. The fraction of sp³-hybridized carbons (Fsp3) is 1.00. The lowest BCUT2D eigenvalue weighted by Gasteiger charge is -2.31. The second-order valence-corrected chi connectivity index (χ2v) is 9.47. The lowest BCUT2D eigenvalue weighted by atomic mass is 10.1. The number of nitrogens with one attached hydrogen (secondary N) is 2. The minimum Gasteiger partial charge on any atom is -0.332 e. The molecule has 2 N–H and O–H groups in total. The molecule has 124 valence electrons. The Morgan fingerprint density at radius 1 is 0.714 bits per heavy atom. The smallest absolute Gasteiger partial charge is 0.161 e. The van der Waals surface area contributed by atoms with Gasteiger partial charge in [0.05, 0.1) is 38.3 Å². The van der Waals surface area contributed by atoms with Crippen LogP contribution in [0, 0.1) is 0 Å². The largest absolute Gasteiger partial charge is 0.332 e. The minimum atomic E-state index is -2.92. The third kappa shape index (κ3) is 5.53. The summed E-state index contributed by atoms with van der Waals surface area (Å²) in [6.45, 7) is 8.87. The summed E-state index contributed by atoms with van der Waals surface area (Å²) in [6, 6.07) is 0.526. The fourth-order valence-corrected chi connectivity index (χ4v) is 6.19. The van der Waals surface area contributed by atoms with E-state index in [1.807, 2.05) is 0 Å². The molecule has 0 aromatic rings. The number of rotatable bonds is 6. The Labute approximate surface area is 130 Å². The molecule has 2 fully saturated rings. The first-order valence-corrected chi connectivity index (χ1v) is 10.7. The molecule has 5 heteroatoms. The van der Waals surface area contributed by atoms with Crippen LogP contribution in [-0.4, -0.2) is 58.2 Å². The maximum atomic E-state index is 12.5. The van der Waals surface area contributed by atoms with E-state index in [0.717, 1.165) is 26.2 Å². The van der Waals surface area contributed by atoms with Crippen LogP contribution in [-0.2, 0) is 9.84 Å². The highest BCUT2D eigenvalue weighted by molar-refractivity contribution is 7.91. The Morgan fingerprint density at radius 3 is 1.38 bits per heavy atom. The molecule has 0 unspecified atom stereocenters. The second kappa shape index (κ2) is 7.93. The Kier molecular flexibility index (Phi) is 6.51. The number of piperidine rings is 2. The fourth-order valence-electron chi connectivity index (χ4n) is 4.06. The minimum absolute atomic E-state index is 0.263. The highest BCUT2D eigenvalue weighted by Gasteiger charge is 2.30. The average Bonchev–Trinajstić information content (AvgIpc) is 2.48. The van der Waals surface area contributed by atoms with Gasteiger partial charge in [-0.3, -0.25) is 0 Å². The molecule has 0 aliphatic carbocycles. The molecule has 2 rings (SSSR count). The van der Waals surface area contributed by atoms with Crippen molar-refractivity contribution < 1.29 is 18.2 Å². The third-order valence-electron chi connectivity index (χ3n) is 5.39. The monoisotopic (exact) mass is 318 g/mol. The molecule has 0 radical (unpaired) electrons. The van der Waals surface area contributed by atoms with Crippen molar-refractivity contribution in [3.05, 3.63) is 0 Å². The molecule has 2 aliphatic rings. The molecule has 2 atom stereocenters. The molecule has 0 saturated carbocycles. The quantitative estimate of drug-likeness (QED) is 0.681. The predicted octanol–water partition coefficient (Wildman–Crippen LogP) is -0.684. The number of sulfone groups is 1. The zero-order valence-corrected chi connectivity index (χ0v) is 14.7. The SMILES string of the molecule is C[C@H](CS(=O)(=O)C[C@@H](C)[NH+]1CCCCC1)[NH+]1CCCCC1. The molecular weight excluding hydrogens is 284 g/mol. The normalized spacial score (nSPS) is 25.6. The topological polar surface area (TPSA) is 43.0 Å². The lowest BCUT2D eigenvalue weighted by Crippen LogP contribution is -3.17. The van der Waals surface area contributed by atoms with Gasteiger partial charge in [0.2, 0.25) is 0 Å². The van der Waals surface area contributed by atoms with Crippen LogP contribution >= 0.6 is 0 Å². The van der Waals surface area contributed by atoms with Crippen molar-refractivity contribution in [3.63, 3.8) is 0 Å². The Bertz CT molecular complexity index is 367. The first kappa shape index (κ1) is 17.2. The van der Waals surface area contributed by atoms with Crippen molar-refractivity contribution >= 4 is 9.84 Å². The van der Waals surface area contributed by atoms with Crippen LogP contribution in [0.3, 0.4) is 0 Å². The van der Waals surface area contributed by atoms with Crippen LogP contribution in [0.15, 0.2) is 0 Å².